The molecule has 4 nitrogen and oxygen atoms in total. The van der Waals surface area contributed by atoms with Gasteiger partial charge in [-0.1, -0.05) is 0 Å². The van der Waals surface area contributed by atoms with Crippen LogP contribution in [0.15, 0.2) is 22.9 Å². The van der Waals surface area contributed by atoms with Crippen LogP contribution in [-0.2, 0) is 4.79 Å². The van der Waals surface area contributed by atoms with Gasteiger partial charge >= 0.3 is 0 Å². The number of rotatable bonds is 3. The second-order valence-electron chi connectivity index (χ2n) is 2.84. The molecule has 0 spiro atoms. The van der Waals surface area contributed by atoms with Crippen molar-refractivity contribution in [2.45, 2.75) is 13.0 Å². The highest BCUT2D eigenvalue weighted by atomic mass is 79.9. The molecule has 0 radical (unpaired) electrons. The smallest absolute Gasteiger partial charge is 0.241 e. The van der Waals surface area contributed by atoms with E-state index in [-0.39, 0.29) is 11.9 Å². The SMILES string of the molecule is CNC(=O)C(C)Nc1ccncc1Br. The van der Waals surface area contributed by atoms with E-state index in [1.165, 1.54) is 0 Å². The van der Waals surface area contributed by atoms with Crippen LogP contribution in [0.25, 0.3) is 0 Å². The van der Waals surface area contributed by atoms with Gasteiger partial charge < -0.3 is 10.6 Å². The van der Waals surface area contributed by atoms with Crippen molar-refractivity contribution in [1.29, 1.82) is 0 Å². The Kier molecular flexibility index (Phi) is 3.88. The van der Waals surface area contributed by atoms with Gasteiger partial charge in [-0.2, -0.15) is 0 Å². The molecule has 1 atom stereocenters. The summed E-state index contributed by atoms with van der Waals surface area (Å²) >= 11 is 3.34. The van der Waals surface area contributed by atoms with E-state index in [2.05, 4.69) is 31.5 Å². The molecular weight excluding hydrogens is 246 g/mol. The Hall–Kier alpha value is -1.10. The highest BCUT2D eigenvalue weighted by Crippen LogP contribution is 2.20. The van der Waals surface area contributed by atoms with Crippen molar-refractivity contribution in [3.63, 3.8) is 0 Å². The fourth-order valence-corrected chi connectivity index (χ4v) is 1.37. The third-order valence-corrected chi connectivity index (χ3v) is 2.42. The second-order valence-corrected chi connectivity index (χ2v) is 3.69. The Labute approximate surface area is 91.2 Å². The van der Waals surface area contributed by atoms with Crippen molar-refractivity contribution in [2.24, 2.45) is 0 Å². The number of nitrogens with zero attached hydrogens (tertiary/aromatic N) is 1. The van der Waals surface area contributed by atoms with Crippen LogP contribution in [0.2, 0.25) is 0 Å². The summed E-state index contributed by atoms with van der Waals surface area (Å²) < 4.78 is 0.843. The van der Waals surface area contributed by atoms with Crippen LogP contribution in [0.1, 0.15) is 6.92 Å². The Morgan fingerprint density at radius 1 is 1.64 bits per heavy atom. The molecule has 1 unspecified atom stereocenters. The number of anilines is 1. The molecule has 1 aromatic heterocycles. The van der Waals surface area contributed by atoms with Crippen molar-refractivity contribution >= 4 is 27.5 Å². The number of pyridine rings is 1. The fraction of sp³-hybridized carbons (Fsp3) is 0.333. The summed E-state index contributed by atoms with van der Waals surface area (Å²) in [5.74, 6) is -0.0475. The van der Waals surface area contributed by atoms with Gasteiger partial charge in [-0.15, -0.1) is 0 Å². The van der Waals surface area contributed by atoms with E-state index in [9.17, 15) is 4.79 Å². The minimum absolute atomic E-state index is 0.0475. The van der Waals surface area contributed by atoms with Crippen LogP contribution >= 0.6 is 15.9 Å². The number of carbonyl (C=O) groups excluding carboxylic acids is 1. The average molecular weight is 258 g/mol. The molecule has 1 heterocycles. The molecule has 0 bridgehead atoms. The molecule has 0 aliphatic rings. The molecule has 0 aliphatic heterocycles. The zero-order chi connectivity index (χ0) is 10.6. The van der Waals surface area contributed by atoms with Gasteiger partial charge in [0.2, 0.25) is 5.91 Å². The van der Waals surface area contributed by atoms with Crippen molar-refractivity contribution < 1.29 is 4.79 Å². The average Bonchev–Trinajstić information content (AvgIpc) is 2.20. The number of carbonyl (C=O) groups is 1. The Balaban J connectivity index is 2.69. The molecule has 0 aromatic carbocycles. The Morgan fingerprint density at radius 3 is 2.93 bits per heavy atom. The number of amides is 1. The van der Waals surface area contributed by atoms with Crippen LogP contribution in [-0.4, -0.2) is 24.0 Å². The van der Waals surface area contributed by atoms with E-state index in [0.29, 0.717) is 0 Å². The van der Waals surface area contributed by atoms with Gasteiger partial charge in [-0.05, 0) is 28.9 Å². The monoisotopic (exact) mass is 257 g/mol. The van der Waals surface area contributed by atoms with Crippen LogP contribution in [0.5, 0.6) is 0 Å². The van der Waals surface area contributed by atoms with Crippen LogP contribution in [0, 0.1) is 0 Å². The van der Waals surface area contributed by atoms with Crippen molar-refractivity contribution in [1.82, 2.24) is 10.3 Å². The molecular formula is C9H12BrN3O. The Bertz CT molecular complexity index is 330. The number of aromatic nitrogens is 1. The van der Waals surface area contributed by atoms with Gasteiger partial charge in [0.15, 0.2) is 0 Å². The molecule has 76 valence electrons. The molecule has 2 N–H and O–H groups in total. The van der Waals surface area contributed by atoms with Crippen LogP contribution < -0.4 is 10.6 Å². The maximum absolute atomic E-state index is 11.2. The molecule has 0 aliphatic carbocycles. The minimum Gasteiger partial charge on any atom is -0.373 e. The van der Waals surface area contributed by atoms with E-state index in [0.717, 1.165) is 10.2 Å². The summed E-state index contributed by atoms with van der Waals surface area (Å²) in [6, 6.07) is 1.54. The van der Waals surface area contributed by atoms with Gasteiger partial charge in [-0.3, -0.25) is 9.78 Å². The first-order valence-corrected chi connectivity index (χ1v) is 5.02. The zero-order valence-electron chi connectivity index (χ0n) is 8.04. The summed E-state index contributed by atoms with van der Waals surface area (Å²) in [6.45, 7) is 1.80. The number of hydrogen-bond donors (Lipinski definition) is 2. The first-order valence-electron chi connectivity index (χ1n) is 4.22. The lowest BCUT2D eigenvalue weighted by molar-refractivity contribution is -0.121. The lowest BCUT2D eigenvalue weighted by Gasteiger charge is -2.14. The van der Waals surface area contributed by atoms with Crippen molar-refractivity contribution in [3.8, 4) is 0 Å². The van der Waals surface area contributed by atoms with Crippen LogP contribution in [0.3, 0.4) is 0 Å². The normalized spacial score (nSPS) is 11.9. The highest BCUT2D eigenvalue weighted by molar-refractivity contribution is 9.10. The number of hydrogen-bond acceptors (Lipinski definition) is 3. The quantitative estimate of drug-likeness (QED) is 0.861. The molecule has 1 amide bonds. The molecule has 1 rings (SSSR count). The number of nitrogens with one attached hydrogen (secondary N) is 2. The van der Waals surface area contributed by atoms with Gasteiger partial charge in [-0.25, -0.2) is 0 Å². The zero-order valence-corrected chi connectivity index (χ0v) is 9.63. The predicted molar refractivity (Wildman–Crippen MR) is 59.1 cm³/mol. The maximum Gasteiger partial charge on any atom is 0.241 e. The fourth-order valence-electron chi connectivity index (χ4n) is 1.01. The third kappa shape index (κ3) is 2.70. The maximum atomic E-state index is 11.2. The first kappa shape index (κ1) is 11.0. The van der Waals surface area contributed by atoms with Crippen LogP contribution in [0.4, 0.5) is 5.69 Å². The van der Waals surface area contributed by atoms with Gasteiger partial charge in [0.05, 0.1) is 10.2 Å². The minimum atomic E-state index is -0.265. The largest absolute Gasteiger partial charge is 0.373 e. The number of halogens is 1. The lowest BCUT2D eigenvalue weighted by atomic mass is 10.3. The standard InChI is InChI=1S/C9H12BrN3O/c1-6(9(14)11-2)13-8-3-4-12-5-7(8)10/h3-6H,1-2H3,(H,11,14)(H,12,13). The molecule has 0 saturated heterocycles. The number of likely N-dealkylation sites (N-methyl/N-ethyl adjacent to an activating group) is 1. The van der Waals surface area contributed by atoms with E-state index in [4.69, 9.17) is 0 Å². The topological polar surface area (TPSA) is 54.0 Å². The summed E-state index contributed by atoms with van der Waals surface area (Å²) in [4.78, 5) is 15.2. The highest BCUT2D eigenvalue weighted by Gasteiger charge is 2.11. The van der Waals surface area contributed by atoms with E-state index < -0.39 is 0 Å². The summed E-state index contributed by atoms with van der Waals surface area (Å²) in [5, 5.41) is 5.63. The summed E-state index contributed by atoms with van der Waals surface area (Å²) in [6.07, 6.45) is 3.35. The lowest BCUT2D eigenvalue weighted by Crippen LogP contribution is -2.35. The molecule has 0 fully saturated rings. The first-order chi connectivity index (χ1) is 6.65. The third-order valence-electron chi connectivity index (χ3n) is 1.78. The summed E-state index contributed by atoms with van der Waals surface area (Å²) in [7, 11) is 1.61. The van der Waals surface area contributed by atoms with Gasteiger partial charge in [0.25, 0.3) is 0 Å². The molecule has 1 aromatic rings. The van der Waals surface area contributed by atoms with E-state index in [1.54, 1.807) is 26.4 Å². The predicted octanol–water partition coefficient (Wildman–Crippen LogP) is 1.39. The van der Waals surface area contributed by atoms with E-state index >= 15 is 0 Å². The van der Waals surface area contributed by atoms with Gasteiger partial charge in [0.1, 0.15) is 6.04 Å². The second kappa shape index (κ2) is 4.95. The van der Waals surface area contributed by atoms with Crippen molar-refractivity contribution in [3.05, 3.63) is 22.9 Å². The van der Waals surface area contributed by atoms with Gasteiger partial charge in [0, 0.05) is 19.4 Å². The molecule has 0 saturated carbocycles. The van der Waals surface area contributed by atoms with Crippen molar-refractivity contribution in [2.75, 3.05) is 12.4 Å². The molecule has 5 heteroatoms. The Morgan fingerprint density at radius 2 is 2.36 bits per heavy atom. The van der Waals surface area contributed by atoms with E-state index in [1.807, 2.05) is 6.07 Å². The molecule has 14 heavy (non-hydrogen) atoms. The summed E-state index contributed by atoms with van der Waals surface area (Å²) in [5.41, 5.74) is 0.858.